The van der Waals surface area contributed by atoms with Gasteiger partial charge in [0, 0.05) is 23.8 Å². The van der Waals surface area contributed by atoms with E-state index in [0.29, 0.717) is 16.6 Å². The summed E-state index contributed by atoms with van der Waals surface area (Å²) < 4.78 is 2.63. The van der Waals surface area contributed by atoms with Crippen LogP contribution < -0.4 is 5.32 Å². The second-order valence-corrected chi connectivity index (χ2v) is 7.78. The fourth-order valence-corrected chi connectivity index (χ4v) is 4.24. The Morgan fingerprint density at radius 1 is 1.17 bits per heavy atom. The van der Waals surface area contributed by atoms with Crippen molar-refractivity contribution >= 4 is 39.0 Å². The second-order valence-electron chi connectivity index (χ2n) is 6.77. The van der Waals surface area contributed by atoms with Gasteiger partial charge < -0.3 is 5.32 Å². The molecule has 0 fully saturated rings. The number of non-ortho nitro benzene ring substituents is 1. The Hall–Kier alpha value is -3.59. The number of nitro groups is 1. The van der Waals surface area contributed by atoms with Gasteiger partial charge in [0.1, 0.15) is 5.82 Å². The largest absolute Gasteiger partial charge is 0.306 e. The minimum atomic E-state index is -0.531. The van der Waals surface area contributed by atoms with Crippen LogP contribution in [0.15, 0.2) is 42.5 Å². The molecule has 0 atom stereocenters. The molecule has 0 unspecified atom stereocenters. The zero-order valence-electron chi connectivity index (χ0n) is 16.0. The van der Waals surface area contributed by atoms with Crippen molar-refractivity contribution in [3.05, 3.63) is 75.0 Å². The maximum atomic E-state index is 12.7. The monoisotopic (exact) mass is 407 g/mol. The Morgan fingerprint density at radius 3 is 2.72 bits per heavy atom. The summed E-state index contributed by atoms with van der Waals surface area (Å²) in [6, 6.07) is 11.5. The fourth-order valence-electron chi connectivity index (χ4n) is 3.13. The minimum Gasteiger partial charge on any atom is -0.306 e. The van der Waals surface area contributed by atoms with Crippen molar-refractivity contribution in [2.45, 2.75) is 20.8 Å². The van der Waals surface area contributed by atoms with Crippen molar-refractivity contribution in [2.75, 3.05) is 5.32 Å². The number of rotatable bonds is 4. The summed E-state index contributed by atoms with van der Waals surface area (Å²) in [5.41, 5.74) is 3.90. The predicted molar refractivity (Wildman–Crippen MR) is 112 cm³/mol. The molecule has 4 rings (SSSR count). The van der Waals surface area contributed by atoms with Gasteiger partial charge in [0.25, 0.3) is 11.6 Å². The van der Waals surface area contributed by atoms with Gasteiger partial charge in [-0.1, -0.05) is 23.5 Å². The van der Waals surface area contributed by atoms with E-state index in [2.05, 4.69) is 22.5 Å². The number of hydrogen-bond donors (Lipinski definition) is 1. The van der Waals surface area contributed by atoms with E-state index < -0.39 is 10.8 Å². The smallest absolute Gasteiger partial charge is 0.270 e. The van der Waals surface area contributed by atoms with E-state index in [-0.39, 0.29) is 11.3 Å². The van der Waals surface area contributed by atoms with Gasteiger partial charge in [0.2, 0.25) is 5.13 Å². The molecule has 0 aliphatic carbocycles. The average molecular weight is 407 g/mol. The number of carbonyl (C=O) groups excluding carboxylic acids is 1. The maximum absolute atomic E-state index is 12.7. The molecule has 0 radical (unpaired) electrons. The van der Waals surface area contributed by atoms with Gasteiger partial charge in [-0.3, -0.25) is 14.9 Å². The lowest BCUT2D eigenvalue weighted by molar-refractivity contribution is -0.384. The third-order valence-electron chi connectivity index (χ3n) is 4.39. The van der Waals surface area contributed by atoms with Gasteiger partial charge in [-0.15, -0.1) is 0 Å². The van der Waals surface area contributed by atoms with Crippen molar-refractivity contribution in [3.63, 3.8) is 0 Å². The Kier molecular flexibility index (Phi) is 4.59. The molecule has 146 valence electrons. The highest BCUT2D eigenvalue weighted by Crippen LogP contribution is 2.30. The number of nitrogens with zero attached hydrogens (tertiary/aromatic N) is 4. The Balaban J connectivity index is 1.71. The topological polar surface area (TPSA) is 103 Å². The molecular formula is C20H17N5O3S. The Bertz CT molecular complexity index is 1270. The van der Waals surface area contributed by atoms with Crippen molar-refractivity contribution < 1.29 is 9.72 Å². The number of aryl methyl sites for hydroxylation is 3. The molecule has 1 amide bonds. The summed E-state index contributed by atoms with van der Waals surface area (Å²) in [7, 11) is 0. The lowest BCUT2D eigenvalue weighted by Gasteiger charge is -2.06. The zero-order valence-corrected chi connectivity index (χ0v) is 16.8. The lowest BCUT2D eigenvalue weighted by atomic mass is 10.1. The quantitative estimate of drug-likeness (QED) is 0.394. The van der Waals surface area contributed by atoms with Gasteiger partial charge in [-0.2, -0.15) is 9.78 Å². The van der Waals surface area contributed by atoms with E-state index in [1.54, 1.807) is 10.7 Å². The van der Waals surface area contributed by atoms with Crippen LogP contribution in [-0.4, -0.2) is 25.6 Å². The second kappa shape index (κ2) is 7.10. The lowest BCUT2D eigenvalue weighted by Crippen LogP contribution is -2.15. The van der Waals surface area contributed by atoms with Gasteiger partial charge >= 0.3 is 0 Å². The molecule has 0 spiro atoms. The summed E-state index contributed by atoms with van der Waals surface area (Å²) in [5.74, 6) is -0.00424. The number of thiazole rings is 1. The molecule has 0 aliphatic heterocycles. The van der Waals surface area contributed by atoms with Gasteiger partial charge in [0.05, 0.1) is 20.8 Å². The van der Waals surface area contributed by atoms with E-state index >= 15 is 0 Å². The van der Waals surface area contributed by atoms with E-state index in [1.807, 2.05) is 20.8 Å². The molecule has 0 aliphatic rings. The van der Waals surface area contributed by atoms with Crippen LogP contribution in [0.3, 0.4) is 0 Å². The first-order valence-electron chi connectivity index (χ1n) is 8.82. The van der Waals surface area contributed by atoms with Crippen molar-refractivity contribution in [1.82, 2.24) is 14.8 Å². The first-order valence-corrected chi connectivity index (χ1v) is 9.64. The van der Waals surface area contributed by atoms with Crippen LogP contribution in [0.25, 0.3) is 15.3 Å². The SMILES string of the molecule is Cc1cc(C)c2nc(-n3nc(C)cc3NC(=O)c3cccc([N+](=O)[O-])c3)sc2c1. The normalized spacial score (nSPS) is 11.0. The van der Waals surface area contributed by atoms with Gasteiger partial charge in [0.15, 0.2) is 0 Å². The maximum Gasteiger partial charge on any atom is 0.270 e. The van der Waals surface area contributed by atoms with Crippen LogP contribution >= 0.6 is 11.3 Å². The third-order valence-corrected chi connectivity index (χ3v) is 5.37. The van der Waals surface area contributed by atoms with Crippen molar-refractivity contribution in [3.8, 4) is 5.13 Å². The predicted octanol–water partition coefficient (Wildman–Crippen LogP) is 4.57. The Morgan fingerprint density at radius 2 is 1.97 bits per heavy atom. The number of carbonyl (C=O) groups is 1. The van der Waals surface area contributed by atoms with Crippen molar-refractivity contribution in [2.24, 2.45) is 0 Å². The minimum absolute atomic E-state index is 0.139. The standard InChI is InChI=1S/C20H17N5O3S/c1-11-7-12(2)18-16(8-11)29-20(22-18)24-17(9-13(3)23-24)21-19(26)14-5-4-6-15(10-14)25(27)28/h4-10H,1-3H3,(H,21,26). The highest BCUT2D eigenvalue weighted by atomic mass is 32.1. The van der Waals surface area contributed by atoms with Gasteiger partial charge in [-0.25, -0.2) is 4.98 Å². The average Bonchev–Trinajstić information content (AvgIpc) is 3.25. The van der Waals surface area contributed by atoms with E-state index in [9.17, 15) is 14.9 Å². The summed E-state index contributed by atoms with van der Waals surface area (Å²) in [4.78, 5) is 27.8. The molecule has 29 heavy (non-hydrogen) atoms. The highest BCUT2D eigenvalue weighted by Gasteiger charge is 2.17. The van der Waals surface area contributed by atoms with Crippen LogP contribution in [0, 0.1) is 30.9 Å². The summed E-state index contributed by atoms with van der Waals surface area (Å²) in [6.07, 6.45) is 0. The molecule has 8 nitrogen and oxygen atoms in total. The summed E-state index contributed by atoms with van der Waals surface area (Å²) in [6.45, 7) is 5.87. The molecule has 2 aromatic heterocycles. The number of benzene rings is 2. The first-order chi connectivity index (χ1) is 13.8. The summed E-state index contributed by atoms with van der Waals surface area (Å²) >= 11 is 1.48. The molecule has 4 aromatic rings. The van der Waals surface area contributed by atoms with E-state index in [1.165, 1.54) is 35.6 Å². The number of hydrogen-bond acceptors (Lipinski definition) is 6. The fraction of sp³-hybridized carbons (Fsp3) is 0.150. The van der Waals surface area contributed by atoms with E-state index in [4.69, 9.17) is 4.98 Å². The molecular weight excluding hydrogens is 390 g/mol. The van der Waals surface area contributed by atoms with E-state index in [0.717, 1.165) is 21.3 Å². The number of nitro benzene ring substituents is 1. The van der Waals surface area contributed by atoms with Crippen molar-refractivity contribution in [1.29, 1.82) is 0 Å². The zero-order chi connectivity index (χ0) is 20.7. The number of aromatic nitrogens is 3. The molecule has 0 saturated heterocycles. The summed E-state index contributed by atoms with van der Waals surface area (Å²) in [5, 5.41) is 18.9. The number of anilines is 1. The number of amides is 1. The molecule has 9 heteroatoms. The van der Waals surface area contributed by atoms with Crippen LogP contribution in [0.4, 0.5) is 11.5 Å². The number of fused-ring (bicyclic) bond motifs is 1. The number of nitrogens with one attached hydrogen (secondary N) is 1. The van der Waals surface area contributed by atoms with Gasteiger partial charge in [-0.05, 0) is 44.0 Å². The van der Waals surface area contributed by atoms with Crippen LogP contribution in [-0.2, 0) is 0 Å². The Labute approximate surface area is 170 Å². The third kappa shape index (κ3) is 3.59. The molecule has 0 saturated carbocycles. The molecule has 0 bridgehead atoms. The molecule has 2 heterocycles. The van der Waals surface area contributed by atoms with Crippen LogP contribution in [0.1, 0.15) is 27.2 Å². The molecule has 1 N–H and O–H groups in total. The highest BCUT2D eigenvalue weighted by molar-refractivity contribution is 7.20. The van der Waals surface area contributed by atoms with Crippen LogP contribution in [0.5, 0.6) is 0 Å². The molecule has 2 aromatic carbocycles. The van der Waals surface area contributed by atoms with Crippen LogP contribution in [0.2, 0.25) is 0 Å². The first kappa shape index (κ1) is 18.8.